The summed E-state index contributed by atoms with van der Waals surface area (Å²) in [5, 5.41) is 2.69. The van der Waals surface area contributed by atoms with E-state index in [0.717, 1.165) is 10.6 Å². The molecule has 1 amide bonds. The van der Waals surface area contributed by atoms with Gasteiger partial charge in [-0.3, -0.25) is 9.10 Å². The summed E-state index contributed by atoms with van der Waals surface area (Å²) in [7, 11) is -3.65. The molecule has 0 aliphatic rings. The van der Waals surface area contributed by atoms with Gasteiger partial charge in [0.25, 0.3) is 0 Å². The van der Waals surface area contributed by atoms with E-state index in [-0.39, 0.29) is 17.2 Å². The minimum absolute atomic E-state index is 0.120. The molecule has 2 aromatic rings. The first-order valence-electron chi connectivity index (χ1n) is 8.01. The third kappa shape index (κ3) is 5.70. The molecule has 1 N–H and O–H groups in total. The molecule has 0 aliphatic carbocycles. The van der Waals surface area contributed by atoms with Crippen LogP contribution in [0.4, 0.5) is 11.4 Å². The SMILES string of the molecule is CCOC(=O)c1ccc(NC(=O)CN(c2ccccc2)S(C)(=O)=O)cc1Cl. The second-order valence-corrected chi connectivity index (χ2v) is 7.88. The van der Waals surface area contributed by atoms with Gasteiger partial charge in [-0.25, -0.2) is 13.2 Å². The minimum atomic E-state index is -3.65. The van der Waals surface area contributed by atoms with Crippen molar-refractivity contribution in [3.8, 4) is 0 Å². The highest BCUT2D eigenvalue weighted by atomic mass is 35.5. The Morgan fingerprint density at radius 3 is 2.37 bits per heavy atom. The number of halogens is 1. The summed E-state index contributed by atoms with van der Waals surface area (Å²) in [6.07, 6.45) is 1.03. The van der Waals surface area contributed by atoms with Gasteiger partial charge in [-0.15, -0.1) is 0 Å². The highest BCUT2D eigenvalue weighted by Gasteiger charge is 2.21. The van der Waals surface area contributed by atoms with Gasteiger partial charge in [-0.2, -0.15) is 0 Å². The van der Waals surface area contributed by atoms with E-state index in [1.807, 2.05) is 0 Å². The van der Waals surface area contributed by atoms with Gasteiger partial charge in [0.2, 0.25) is 15.9 Å². The van der Waals surface area contributed by atoms with Crippen molar-refractivity contribution in [3.63, 3.8) is 0 Å². The molecule has 0 bridgehead atoms. The number of hydrogen-bond acceptors (Lipinski definition) is 5. The number of carbonyl (C=O) groups excluding carboxylic acids is 2. The Labute approximate surface area is 162 Å². The van der Waals surface area contributed by atoms with Gasteiger partial charge >= 0.3 is 5.97 Å². The molecule has 0 fully saturated rings. The molecule has 0 aliphatic heterocycles. The van der Waals surface area contributed by atoms with E-state index >= 15 is 0 Å². The number of carbonyl (C=O) groups is 2. The lowest BCUT2D eigenvalue weighted by Gasteiger charge is -2.21. The highest BCUT2D eigenvalue weighted by Crippen LogP contribution is 2.22. The number of anilines is 2. The Hall–Kier alpha value is -2.58. The molecule has 144 valence electrons. The van der Waals surface area contributed by atoms with Gasteiger partial charge in [0.05, 0.1) is 29.1 Å². The molecular weight excluding hydrogens is 392 g/mol. The number of para-hydroxylation sites is 1. The molecule has 9 heteroatoms. The van der Waals surface area contributed by atoms with Crippen LogP contribution in [0, 0.1) is 0 Å². The Balaban J connectivity index is 2.14. The first-order chi connectivity index (χ1) is 12.7. The van der Waals surface area contributed by atoms with E-state index in [2.05, 4.69) is 5.32 Å². The van der Waals surface area contributed by atoms with Crippen LogP contribution in [0.3, 0.4) is 0 Å². The Morgan fingerprint density at radius 1 is 1.15 bits per heavy atom. The highest BCUT2D eigenvalue weighted by molar-refractivity contribution is 7.92. The van der Waals surface area contributed by atoms with Crippen LogP contribution in [0.5, 0.6) is 0 Å². The number of esters is 1. The molecule has 2 rings (SSSR count). The summed E-state index contributed by atoms with van der Waals surface area (Å²) >= 11 is 6.06. The Bertz CT molecular complexity index is 932. The normalized spacial score (nSPS) is 10.9. The van der Waals surface area contributed by atoms with E-state index in [9.17, 15) is 18.0 Å². The summed E-state index contributed by atoms with van der Waals surface area (Å²) in [4.78, 5) is 24.1. The van der Waals surface area contributed by atoms with Crippen molar-refractivity contribution in [1.29, 1.82) is 0 Å². The van der Waals surface area contributed by atoms with Crippen LogP contribution in [0.25, 0.3) is 0 Å². The number of sulfonamides is 1. The quantitative estimate of drug-likeness (QED) is 0.708. The van der Waals surface area contributed by atoms with Crippen LogP contribution in [0.2, 0.25) is 5.02 Å². The molecule has 0 saturated carbocycles. The molecule has 0 saturated heterocycles. The predicted molar refractivity (Wildman–Crippen MR) is 105 cm³/mol. The third-order valence-corrected chi connectivity index (χ3v) is 4.93. The fourth-order valence-corrected chi connectivity index (χ4v) is 3.41. The first kappa shape index (κ1) is 20.7. The Kier molecular flexibility index (Phi) is 6.81. The van der Waals surface area contributed by atoms with E-state index in [1.54, 1.807) is 37.3 Å². The zero-order valence-corrected chi connectivity index (χ0v) is 16.4. The van der Waals surface area contributed by atoms with Crippen LogP contribution in [0.15, 0.2) is 48.5 Å². The van der Waals surface area contributed by atoms with E-state index in [4.69, 9.17) is 16.3 Å². The predicted octanol–water partition coefficient (Wildman–Crippen LogP) is 2.92. The van der Waals surface area contributed by atoms with Gasteiger partial charge in [0, 0.05) is 5.69 Å². The Morgan fingerprint density at radius 2 is 1.81 bits per heavy atom. The number of ether oxygens (including phenoxy) is 1. The van der Waals surface area contributed by atoms with Crippen LogP contribution >= 0.6 is 11.6 Å². The number of nitrogens with one attached hydrogen (secondary N) is 1. The summed E-state index contributed by atoms with van der Waals surface area (Å²) in [5.74, 6) is -1.11. The standard InChI is InChI=1S/C18H19ClN2O5S/c1-3-26-18(23)15-10-9-13(11-16(15)19)20-17(22)12-21(27(2,24)25)14-7-5-4-6-8-14/h4-11H,3,12H2,1-2H3,(H,20,22). The number of amides is 1. The van der Waals surface area contributed by atoms with Crippen molar-refractivity contribution in [1.82, 2.24) is 0 Å². The molecule has 27 heavy (non-hydrogen) atoms. The molecule has 7 nitrogen and oxygen atoms in total. The zero-order valence-electron chi connectivity index (χ0n) is 14.8. The van der Waals surface area contributed by atoms with Crippen LogP contribution in [-0.2, 0) is 19.6 Å². The monoisotopic (exact) mass is 410 g/mol. The average molecular weight is 411 g/mol. The first-order valence-corrected chi connectivity index (χ1v) is 10.2. The summed E-state index contributed by atoms with van der Waals surface area (Å²) in [6.45, 7) is 1.50. The smallest absolute Gasteiger partial charge is 0.339 e. The molecule has 0 aromatic heterocycles. The van der Waals surface area contributed by atoms with E-state index in [0.29, 0.717) is 11.4 Å². The van der Waals surface area contributed by atoms with Gasteiger partial charge in [0.15, 0.2) is 0 Å². The van der Waals surface area contributed by atoms with Gasteiger partial charge in [0.1, 0.15) is 6.54 Å². The van der Waals surface area contributed by atoms with Crippen molar-refractivity contribution in [2.24, 2.45) is 0 Å². The van der Waals surface area contributed by atoms with Crippen LogP contribution in [0.1, 0.15) is 17.3 Å². The molecule has 0 spiro atoms. The van der Waals surface area contributed by atoms with Crippen molar-refractivity contribution in [2.75, 3.05) is 29.0 Å². The fraction of sp³-hybridized carbons (Fsp3) is 0.222. The molecule has 0 heterocycles. The number of rotatable bonds is 7. The van der Waals surface area contributed by atoms with Crippen molar-refractivity contribution in [3.05, 3.63) is 59.1 Å². The molecule has 2 aromatic carbocycles. The maximum absolute atomic E-state index is 12.3. The lowest BCUT2D eigenvalue weighted by Crippen LogP contribution is -2.37. The summed E-state index contributed by atoms with van der Waals surface area (Å²) < 4.78 is 29.9. The molecular formula is C18H19ClN2O5S. The molecule has 0 unspecified atom stereocenters. The van der Waals surface area contributed by atoms with Crippen LogP contribution in [-0.4, -0.2) is 39.7 Å². The minimum Gasteiger partial charge on any atom is -0.462 e. The largest absolute Gasteiger partial charge is 0.462 e. The number of nitrogens with zero attached hydrogens (tertiary/aromatic N) is 1. The van der Waals surface area contributed by atoms with Gasteiger partial charge < -0.3 is 10.1 Å². The second-order valence-electron chi connectivity index (χ2n) is 5.57. The number of hydrogen-bond donors (Lipinski definition) is 1. The van der Waals surface area contributed by atoms with E-state index < -0.39 is 28.4 Å². The maximum Gasteiger partial charge on any atom is 0.339 e. The van der Waals surface area contributed by atoms with Crippen molar-refractivity contribution >= 4 is 44.9 Å². The van der Waals surface area contributed by atoms with Crippen LogP contribution < -0.4 is 9.62 Å². The van der Waals surface area contributed by atoms with Crippen molar-refractivity contribution in [2.45, 2.75) is 6.92 Å². The summed E-state index contributed by atoms with van der Waals surface area (Å²) in [5.41, 5.74) is 0.893. The summed E-state index contributed by atoms with van der Waals surface area (Å²) in [6, 6.07) is 12.6. The molecule has 0 atom stereocenters. The topological polar surface area (TPSA) is 92.8 Å². The van der Waals surface area contributed by atoms with Gasteiger partial charge in [-0.05, 0) is 37.3 Å². The maximum atomic E-state index is 12.3. The number of benzene rings is 2. The lowest BCUT2D eigenvalue weighted by atomic mass is 10.2. The van der Waals surface area contributed by atoms with Crippen molar-refractivity contribution < 1.29 is 22.7 Å². The van der Waals surface area contributed by atoms with E-state index in [1.165, 1.54) is 18.2 Å². The fourth-order valence-electron chi connectivity index (χ4n) is 2.29. The van der Waals surface area contributed by atoms with Gasteiger partial charge in [-0.1, -0.05) is 29.8 Å². The average Bonchev–Trinajstić information content (AvgIpc) is 2.59. The lowest BCUT2D eigenvalue weighted by molar-refractivity contribution is -0.114. The third-order valence-electron chi connectivity index (χ3n) is 3.48. The zero-order chi connectivity index (χ0) is 20.0. The molecule has 0 radical (unpaired) electrons. The second kappa shape index (κ2) is 8.88.